The molecule has 0 amide bonds. The fraction of sp³-hybridized carbons (Fsp3) is 0.500. The lowest BCUT2D eigenvalue weighted by atomic mass is 10.1. The molecule has 2 heteroatoms. The van der Waals surface area contributed by atoms with Crippen molar-refractivity contribution in [2.24, 2.45) is 0 Å². The molecule has 0 heterocycles. The highest BCUT2D eigenvalue weighted by Crippen LogP contribution is 2.04. The van der Waals surface area contributed by atoms with Gasteiger partial charge in [-0.1, -0.05) is 49.8 Å². The zero-order valence-corrected chi connectivity index (χ0v) is 10.2. The second-order valence-corrected chi connectivity index (χ2v) is 3.59. The third-order valence-electron chi connectivity index (χ3n) is 2.06. The van der Waals surface area contributed by atoms with E-state index in [0.29, 0.717) is 6.61 Å². The minimum atomic E-state index is -0.183. The Hall–Kier alpha value is -1.31. The second kappa shape index (κ2) is 11.8. The minimum Gasteiger partial charge on any atom is -0.466 e. The molecule has 0 aliphatic carbocycles. The summed E-state index contributed by atoms with van der Waals surface area (Å²) >= 11 is 0. The van der Waals surface area contributed by atoms with E-state index < -0.39 is 0 Å². The Balaban J connectivity index is 3.15. The summed E-state index contributed by atoms with van der Waals surface area (Å²) < 4.78 is 4.84. The van der Waals surface area contributed by atoms with Gasteiger partial charge in [0.25, 0.3) is 0 Å². The monoisotopic (exact) mass is 222 g/mol. The average Bonchev–Trinajstić information content (AvgIpc) is 2.25. The first kappa shape index (κ1) is 14.7. The molecule has 90 valence electrons. The summed E-state index contributed by atoms with van der Waals surface area (Å²) in [6, 6.07) is 0. The van der Waals surface area contributed by atoms with Crippen LogP contribution in [0.4, 0.5) is 0 Å². The summed E-state index contributed by atoms with van der Waals surface area (Å²) in [5.74, 6) is -0.183. The molecule has 0 aliphatic heterocycles. The summed E-state index contributed by atoms with van der Waals surface area (Å²) in [5, 5.41) is 0. The van der Waals surface area contributed by atoms with E-state index in [9.17, 15) is 4.79 Å². The van der Waals surface area contributed by atoms with Crippen LogP contribution < -0.4 is 0 Å². The first-order chi connectivity index (χ1) is 7.77. The zero-order valence-electron chi connectivity index (χ0n) is 10.2. The molecule has 0 bridgehead atoms. The van der Waals surface area contributed by atoms with Gasteiger partial charge in [0.05, 0.1) is 6.61 Å². The molecular formula is C14H22O2. The van der Waals surface area contributed by atoms with Crippen LogP contribution >= 0.6 is 0 Å². The lowest BCUT2D eigenvalue weighted by Gasteiger charge is -2.00. The fourth-order valence-corrected chi connectivity index (χ4v) is 1.25. The van der Waals surface area contributed by atoms with Crippen molar-refractivity contribution < 1.29 is 9.53 Å². The van der Waals surface area contributed by atoms with Crippen molar-refractivity contribution >= 4 is 5.97 Å². The minimum absolute atomic E-state index is 0.183. The lowest BCUT2D eigenvalue weighted by Crippen LogP contribution is -1.99. The summed E-state index contributed by atoms with van der Waals surface area (Å²) in [5.41, 5.74) is 0. The van der Waals surface area contributed by atoms with Gasteiger partial charge < -0.3 is 4.74 Å². The SMILES string of the molecule is C=C/C=C\C=C\CCCCCCOC(C)=O. The van der Waals surface area contributed by atoms with Gasteiger partial charge in [-0.2, -0.15) is 0 Å². The van der Waals surface area contributed by atoms with E-state index in [2.05, 4.69) is 12.7 Å². The number of rotatable bonds is 9. The Morgan fingerprint density at radius 3 is 2.56 bits per heavy atom. The Bertz CT molecular complexity index is 239. The average molecular weight is 222 g/mol. The molecule has 0 saturated carbocycles. The molecule has 0 spiro atoms. The van der Waals surface area contributed by atoms with Crippen molar-refractivity contribution in [1.29, 1.82) is 0 Å². The predicted molar refractivity (Wildman–Crippen MR) is 68.2 cm³/mol. The summed E-state index contributed by atoms with van der Waals surface area (Å²) in [4.78, 5) is 10.5. The van der Waals surface area contributed by atoms with Crippen molar-refractivity contribution in [3.05, 3.63) is 37.0 Å². The van der Waals surface area contributed by atoms with Crippen LogP contribution in [0.3, 0.4) is 0 Å². The van der Waals surface area contributed by atoms with E-state index in [-0.39, 0.29) is 5.97 Å². The molecular weight excluding hydrogens is 200 g/mol. The standard InChI is InChI=1S/C14H22O2/c1-3-4-5-6-7-8-9-10-11-12-13-16-14(2)15/h3-7H,1,8-13H2,2H3/b5-4-,7-6+. The molecule has 0 saturated heterocycles. The van der Waals surface area contributed by atoms with Gasteiger partial charge in [0.15, 0.2) is 0 Å². The Morgan fingerprint density at radius 1 is 1.12 bits per heavy atom. The lowest BCUT2D eigenvalue weighted by molar-refractivity contribution is -0.141. The van der Waals surface area contributed by atoms with Crippen LogP contribution in [0.2, 0.25) is 0 Å². The number of allylic oxidation sites excluding steroid dienone is 5. The zero-order chi connectivity index (χ0) is 12.1. The van der Waals surface area contributed by atoms with E-state index in [1.807, 2.05) is 18.2 Å². The molecule has 0 radical (unpaired) electrons. The number of ether oxygens (including phenoxy) is 1. The molecule has 0 aromatic heterocycles. The fourth-order valence-electron chi connectivity index (χ4n) is 1.25. The molecule has 0 rings (SSSR count). The van der Waals surface area contributed by atoms with Gasteiger partial charge in [-0.05, 0) is 19.3 Å². The normalized spacial score (nSPS) is 11.1. The maximum Gasteiger partial charge on any atom is 0.302 e. The Kier molecular flexibility index (Phi) is 10.8. The van der Waals surface area contributed by atoms with Crippen LogP contribution in [0.5, 0.6) is 0 Å². The van der Waals surface area contributed by atoms with E-state index >= 15 is 0 Å². The van der Waals surface area contributed by atoms with Crippen LogP contribution in [0.25, 0.3) is 0 Å². The largest absolute Gasteiger partial charge is 0.466 e. The summed E-state index contributed by atoms with van der Waals surface area (Å²) in [7, 11) is 0. The van der Waals surface area contributed by atoms with E-state index in [4.69, 9.17) is 4.74 Å². The van der Waals surface area contributed by atoms with Crippen LogP contribution in [0, 0.1) is 0 Å². The van der Waals surface area contributed by atoms with Gasteiger partial charge in [-0.3, -0.25) is 4.79 Å². The first-order valence-corrected chi connectivity index (χ1v) is 5.85. The number of esters is 1. The maximum atomic E-state index is 10.5. The highest BCUT2D eigenvalue weighted by atomic mass is 16.5. The molecule has 16 heavy (non-hydrogen) atoms. The van der Waals surface area contributed by atoms with Crippen molar-refractivity contribution in [2.45, 2.75) is 39.0 Å². The van der Waals surface area contributed by atoms with Gasteiger partial charge in [0.2, 0.25) is 0 Å². The predicted octanol–water partition coefficient (Wildman–Crippen LogP) is 3.80. The quantitative estimate of drug-likeness (QED) is 0.337. The van der Waals surface area contributed by atoms with Gasteiger partial charge in [-0.15, -0.1) is 0 Å². The summed E-state index contributed by atoms with van der Waals surface area (Å²) in [6.45, 7) is 5.60. The van der Waals surface area contributed by atoms with Crippen LogP contribution in [0.15, 0.2) is 37.0 Å². The topological polar surface area (TPSA) is 26.3 Å². The number of carbonyl (C=O) groups excluding carboxylic acids is 1. The van der Waals surface area contributed by atoms with Crippen LogP contribution in [0.1, 0.15) is 39.0 Å². The molecule has 0 unspecified atom stereocenters. The molecule has 0 aliphatic rings. The van der Waals surface area contributed by atoms with Gasteiger partial charge in [-0.25, -0.2) is 0 Å². The summed E-state index contributed by atoms with van der Waals surface area (Å²) in [6.07, 6.45) is 15.4. The second-order valence-electron chi connectivity index (χ2n) is 3.59. The molecule has 0 aromatic carbocycles. The van der Waals surface area contributed by atoms with Crippen LogP contribution in [-0.4, -0.2) is 12.6 Å². The van der Waals surface area contributed by atoms with E-state index in [0.717, 1.165) is 19.3 Å². The molecule has 2 nitrogen and oxygen atoms in total. The number of carbonyl (C=O) groups is 1. The third kappa shape index (κ3) is 12.7. The van der Waals surface area contributed by atoms with Crippen molar-refractivity contribution in [1.82, 2.24) is 0 Å². The molecule has 0 atom stereocenters. The third-order valence-corrected chi connectivity index (χ3v) is 2.06. The van der Waals surface area contributed by atoms with Gasteiger partial charge in [0, 0.05) is 6.92 Å². The number of hydrogen-bond donors (Lipinski definition) is 0. The van der Waals surface area contributed by atoms with Crippen molar-refractivity contribution in [3.8, 4) is 0 Å². The van der Waals surface area contributed by atoms with Gasteiger partial charge in [0.1, 0.15) is 0 Å². The van der Waals surface area contributed by atoms with Crippen LogP contribution in [-0.2, 0) is 9.53 Å². The Morgan fingerprint density at radius 2 is 1.88 bits per heavy atom. The molecule has 0 aromatic rings. The maximum absolute atomic E-state index is 10.5. The van der Waals surface area contributed by atoms with Crippen molar-refractivity contribution in [2.75, 3.05) is 6.61 Å². The number of unbranched alkanes of at least 4 members (excludes halogenated alkanes) is 4. The molecule has 0 fully saturated rings. The van der Waals surface area contributed by atoms with Crippen molar-refractivity contribution in [3.63, 3.8) is 0 Å². The Labute approximate surface area is 98.7 Å². The van der Waals surface area contributed by atoms with E-state index in [1.165, 1.54) is 19.8 Å². The first-order valence-electron chi connectivity index (χ1n) is 5.85. The number of hydrogen-bond acceptors (Lipinski definition) is 2. The van der Waals surface area contributed by atoms with E-state index in [1.54, 1.807) is 6.08 Å². The molecule has 0 N–H and O–H groups in total. The van der Waals surface area contributed by atoms with Gasteiger partial charge >= 0.3 is 5.97 Å². The smallest absolute Gasteiger partial charge is 0.302 e. The highest BCUT2D eigenvalue weighted by molar-refractivity contribution is 5.65. The highest BCUT2D eigenvalue weighted by Gasteiger charge is 1.92.